The highest BCUT2D eigenvalue weighted by Crippen LogP contribution is 2.29. The van der Waals surface area contributed by atoms with Crippen LogP contribution in [0.15, 0.2) is 0 Å². The first-order valence-electron chi connectivity index (χ1n) is 8.36. The normalized spacial score (nSPS) is 24.1. The lowest BCUT2D eigenvalue weighted by atomic mass is 9.90. The van der Waals surface area contributed by atoms with Gasteiger partial charge in [0, 0.05) is 24.9 Å². The lowest BCUT2D eigenvalue weighted by Crippen LogP contribution is -2.43. The number of carbonyl (C=O) groups excluding carboxylic acids is 2. The molecule has 1 N–H and O–H groups in total. The van der Waals surface area contributed by atoms with E-state index in [0.29, 0.717) is 24.2 Å². The molecule has 0 bridgehead atoms. The number of hydrogen-bond acceptors (Lipinski definition) is 6. The summed E-state index contributed by atoms with van der Waals surface area (Å²) in [4.78, 5) is 25.2. The van der Waals surface area contributed by atoms with Gasteiger partial charge in [0.25, 0.3) is 0 Å². The van der Waals surface area contributed by atoms with Crippen LogP contribution in [0, 0.1) is 25.2 Å². The lowest BCUT2D eigenvalue weighted by Gasteiger charge is -2.34. The Kier molecular flexibility index (Phi) is 4.47. The van der Waals surface area contributed by atoms with Crippen molar-refractivity contribution in [2.45, 2.75) is 64.5 Å². The number of aromatic nitrogens is 2. The molecule has 2 heterocycles. The van der Waals surface area contributed by atoms with Crippen LogP contribution in [-0.2, 0) is 9.59 Å². The van der Waals surface area contributed by atoms with Crippen LogP contribution >= 0.6 is 0 Å². The minimum absolute atomic E-state index is 0.0202. The number of imide groups is 1. The van der Waals surface area contributed by atoms with Crippen LogP contribution in [0.4, 0.5) is 5.82 Å². The van der Waals surface area contributed by atoms with E-state index in [0.717, 1.165) is 36.9 Å². The van der Waals surface area contributed by atoms with E-state index in [1.165, 1.54) is 4.90 Å². The highest BCUT2D eigenvalue weighted by atomic mass is 16.2. The van der Waals surface area contributed by atoms with Gasteiger partial charge in [-0.25, -0.2) is 0 Å². The van der Waals surface area contributed by atoms with Gasteiger partial charge in [-0.15, -0.1) is 5.10 Å². The second-order valence-electron chi connectivity index (χ2n) is 6.55. The van der Waals surface area contributed by atoms with Crippen molar-refractivity contribution in [1.82, 2.24) is 15.1 Å². The number of hydrogen-bond donors (Lipinski definition) is 1. The fourth-order valence-corrected chi connectivity index (χ4v) is 3.52. The third-order valence-corrected chi connectivity index (χ3v) is 5.06. The van der Waals surface area contributed by atoms with Crippen LogP contribution in [0.25, 0.3) is 0 Å². The molecule has 7 nitrogen and oxygen atoms in total. The summed E-state index contributed by atoms with van der Waals surface area (Å²) in [5.74, 6) is 0.448. The summed E-state index contributed by atoms with van der Waals surface area (Å²) in [6.07, 6.45) is 3.94. The first-order chi connectivity index (χ1) is 11.5. The fourth-order valence-electron chi connectivity index (χ4n) is 3.52. The van der Waals surface area contributed by atoms with Crippen molar-refractivity contribution in [2.24, 2.45) is 0 Å². The highest BCUT2D eigenvalue weighted by Gasteiger charge is 2.37. The Morgan fingerprint density at radius 3 is 2.29 bits per heavy atom. The van der Waals surface area contributed by atoms with Crippen LogP contribution < -0.4 is 5.32 Å². The van der Waals surface area contributed by atoms with Gasteiger partial charge < -0.3 is 5.32 Å². The van der Waals surface area contributed by atoms with Crippen molar-refractivity contribution >= 4 is 17.6 Å². The zero-order valence-electron chi connectivity index (χ0n) is 14.0. The summed E-state index contributed by atoms with van der Waals surface area (Å²) in [6, 6.07) is 2.40. The zero-order chi connectivity index (χ0) is 17.3. The molecular weight excluding hydrogens is 306 g/mol. The van der Waals surface area contributed by atoms with Crippen LogP contribution in [0.1, 0.15) is 55.3 Å². The van der Waals surface area contributed by atoms with Gasteiger partial charge in [-0.3, -0.25) is 14.5 Å². The number of rotatable bonds is 3. The third kappa shape index (κ3) is 2.96. The highest BCUT2D eigenvalue weighted by molar-refractivity contribution is 6.02. The van der Waals surface area contributed by atoms with Crippen LogP contribution in [0.2, 0.25) is 0 Å². The molecule has 2 amide bonds. The fraction of sp³-hybridized carbons (Fsp3) is 0.588. The summed E-state index contributed by atoms with van der Waals surface area (Å²) in [5.41, 5.74) is 2.14. The van der Waals surface area contributed by atoms with Crippen molar-refractivity contribution < 1.29 is 9.59 Å². The molecule has 1 aromatic heterocycles. The SMILES string of the molecule is Cc1nnc(NC2CCC(N3C(=O)CCC3=O)CC2)c(C#N)c1C. The molecule has 0 atom stereocenters. The number of amides is 2. The lowest BCUT2D eigenvalue weighted by molar-refractivity contribution is -0.141. The molecule has 0 spiro atoms. The van der Waals surface area contributed by atoms with Gasteiger partial charge in [0.1, 0.15) is 11.6 Å². The molecule has 3 rings (SSSR count). The van der Waals surface area contributed by atoms with E-state index in [4.69, 9.17) is 0 Å². The molecule has 0 aromatic carbocycles. The number of aryl methyl sites for hydroxylation is 1. The van der Waals surface area contributed by atoms with Crippen molar-refractivity contribution in [3.05, 3.63) is 16.8 Å². The van der Waals surface area contributed by atoms with Crippen molar-refractivity contribution in [2.75, 3.05) is 5.32 Å². The number of likely N-dealkylation sites (tertiary alicyclic amines) is 1. The summed E-state index contributed by atoms with van der Waals surface area (Å²) in [7, 11) is 0. The molecule has 0 radical (unpaired) electrons. The summed E-state index contributed by atoms with van der Waals surface area (Å²) in [5, 5.41) is 20.9. The number of nitrogens with zero attached hydrogens (tertiary/aromatic N) is 4. The van der Waals surface area contributed by atoms with E-state index in [1.807, 2.05) is 13.8 Å². The van der Waals surface area contributed by atoms with Gasteiger partial charge in [0.2, 0.25) is 11.8 Å². The van der Waals surface area contributed by atoms with E-state index < -0.39 is 0 Å². The van der Waals surface area contributed by atoms with Crippen molar-refractivity contribution in [3.8, 4) is 6.07 Å². The summed E-state index contributed by atoms with van der Waals surface area (Å²) >= 11 is 0. The maximum Gasteiger partial charge on any atom is 0.229 e. The minimum Gasteiger partial charge on any atom is -0.365 e. The number of nitriles is 1. The standard InChI is InChI=1S/C17H21N5O2/c1-10-11(2)20-21-17(14(10)9-18)19-12-3-5-13(6-4-12)22-15(23)7-8-16(22)24/h12-13H,3-8H2,1-2H3,(H,19,21). The molecule has 1 aliphatic carbocycles. The Balaban J connectivity index is 1.64. The Bertz CT molecular complexity index is 700. The average molecular weight is 327 g/mol. The predicted octanol–water partition coefficient (Wildman–Crippen LogP) is 1.84. The minimum atomic E-state index is -0.0387. The molecule has 1 aromatic rings. The van der Waals surface area contributed by atoms with E-state index in [2.05, 4.69) is 21.6 Å². The van der Waals surface area contributed by atoms with E-state index >= 15 is 0 Å². The molecule has 24 heavy (non-hydrogen) atoms. The van der Waals surface area contributed by atoms with Crippen molar-refractivity contribution in [1.29, 1.82) is 5.26 Å². The van der Waals surface area contributed by atoms with Gasteiger partial charge in [-0.2, -0.15) is 10.4 Å². The second-order valence-corrected chi connectivity index (χ2v) is 6.55. The molecule has 1 saturated heterocycles. The molecule has 7 heteroatoms. The van der Waals surface area contributed by atoms with Gasteiger partial charge in [0.05, 0.1) is 5.69 Å². The molecular formula is C17H21N5O2. The molecule has 2 aliphatic rings. The smallest absolute Gasteiger partial charge is 0.229 e. The van der Waals surface area contributed by atoms with Gasteiger partial charge >= 0.3 is 0 Å². The van der Waals surface area contributed by atoms with E-state index in [9.17, 15) is 14.9 Å². The molecule has 2 fully saturated rings. The Morgan fingerprint density at radius 1 is 1.08 bits per heavy atom. The molecule has 1 saturated carbocycles. The van der Waals surface area contributed by atoms with Crippen LogP contribution in [-0.4, -0.2) is 39.0 Å². The van der Waals surface area contributed by atoms with E-state index in [1.54, 1.807) is 0 Å². The van der Waals surface area contributed by atoms with E-state index in [-0.39, 0.29) is 23.9 Å². The average Bonchev–Trinajstić information content (AvgIpc) is 2.91. The van der Waals surface area contributed by atoms with Crippen molar-refractivity contribution in [3.63, 3.8) is 0 Å². The summed E-state index contributed by atoms with van der Waals surface area (Å²) < 4.78 is 0. The molecule has 0 unspecified atom stereocenters. The molecule has 126 valence electrons. The Morgan fingerprint density at radius 2 is 1.71 bits per heavy atom. The maximum atomic E-state index is 11.8. The summed E-state index contributed by atoms with van der Waals surface area (Å²) in [6.45, 7) is 3.71. The van der Waals surface area contributed by atoms with Gasteiger partial charge in [-0.05, 0) is 45.1 Å². The maximum absolute atomic E-state index is 11.8. The largest absolute Gasteiger partial charge is 0.365 e. The van der Waals surface area contributed by atoms with Crippen LogP contribution in [0.5, 0.6) is 0 Å². The Labute approximate surface area is 141 Å². The first kappa shape index (κ1) is 16.4. The van der Waals surface area contributed by atoms with Crippen LogP contribution in [0.3, 0.4) is 0 Å². The van der Waals surface area contributed by atoms with Gasteiger partial charge in [-0.1, -0.05) is 0 Å². The topological polar surface area (TPSA) is 99.0 Å². The Hall–Kier alpha value is -2.49. The number of nitrogens with one attached hydrogen (secondary N) is 1. The van der Waals surface area contributed by atoms with Gasteiger partial charge in [0.15, 0.2) is 5.82 Å². The number of anilines is 1. The monoisotopic (exact) mass is 327 g/mol. The third-order valence-electron chi connectivity index (χ3n) is 5.06. The zero-order valence-corrected chi connectivity index (χ0v) is 14.0. The quantitative estimate of drug-likeness (QED) is 0.850. The predicted molar refractivity (Wildman–Crippen MR) is 87.0 cm³/mol. The molecule has 1 aliphatic heterocycles. The number of carbonyl (C=O) groups is 2. The second kappa shape index (κ2) is 6.56. The first-order valence-corrected chi connectivity index (χ1v) is 8.36.